The molecule has 1 aromatic carbocycles. The first-order valence-corrected chi connectivity index (χ1v) is 4.35. The minimum absolute atomic E-state index is 0.825. The molecule has 1 aromatic rings. The Hall–Kier alpha value is -1.35. The highest BCUT2D eigenvalue weighted by Gasteiger charge is 1.94. The molecular formula is C10H17N3. The van der Waals surface area contributed by atoms with Crippen molar-refractivity contribution < 1.29 is 0 Å². The molecule has 0 heterocycles. The Labute approximate surface area is 79.7 Å². The normalized spacial score (nSPS) is 8.31. The summed E-state index contributed by atoms with van der Waals surface area (Å²) in [4.78, 5) is 0. The van der Waals surface area contributed by atoms with E-state index in [1.54, 1.807) is 0 Å². The highest BCUT2D eigenvalue weighted by Crippen LogP contribution is 2.09. The molecule has 13 heavy (non-hydrogen) atoms. The predicted octanol–water partition coefficient (Wildman–Crippen LogP) is 2.31. The molecule has 3 heteroatoms. The van der Waals surface area contributed by atoms with Crippen LogP contribution in [0.25, 0.3) is 0 Å². The van der Waals surface area contributed by atoms with Crippen molar-refractivity contribution in [3.8, 4) is 0 Å². The molecule has 0 aliphatic carbocycles. The number of nitrogens with two attached hydrogens (primary N) is 1. The maximum absolute atomic E-state index is 6.88. The lowest BCUT2D eigenvalue weighted by molar-refractivity contribution is 1.14. The SMILES string of the molecule is CC.Cc1ccc(N(N)C=N)cc1. The van der Waals surface area contributed by atoms with Crippen molar-refractivity contribution in [2.45, 2.75) is 20.8 Å². The average molecular weight is 179 g/mol. The van der Waals surface area contributed by atoms with Crippen molar-refractivity contribution in [2.75, 3.05) is 5.01 Å². The molecule has 0 spiro atoms. The Morgan fingerprint density at radius 1 is 1.23 bits per heavy atom. The minimum atomic E-state index is 0.825. The van der Waals surface area contributed by atoms with Gasteiger partial charge < -0.3 is 0 Å². The Balaban J connectivity index is 0.000000671. The minimum Gasteiger partial charge on any atom is -0.290 e. The predicted molar refractivity (Wildman–Crippen MR) is 58.0 cm³/mol. The fourth-order valence-electron chi connectivity index (χ4n) is 0.791. The van der Waals surface area contributed by atoms with Crippen LogP contribution in [-0.4, -0.2) is 6.34 Å². The van der Waals surface area contributed by atoms with E-state index in [9.17, 15) is 0 Å². The van der Waals surface area contributed by atoms with Crippen LogP contribution in [0.15, 0.2) is 24.3 Å². The Morgan fingerprint density at radius 3 is 2.08 bits per heavy atom. The van der Waals surface area contributed by atoms with Crippen LogP contribution in [0.2, 0.25) is 0 Å². The highest BCUT2D eigenvalue weighted by molar-refractivity contribution is 5.74. The zero-order valence-electron chi connectivity index (χ0n) is 8.41. The van der Waals surface area contributed by atoms with Gasteiger partial charge in [0.25, 0.3) is 0 Å². The van der Waals surface area contributed by atoms with Crippen LogP contribution in [0.3, 0.4) is 0 Å². The molecule has 0 atom stereocenters. The summed E-state index contributed by atoms with van der Waals surface area (Å²) < 4.78 is 0. The molecule has 0 saturated carbocycles. The number of rotatable bonds is 2. The molecule has 0 radical (unpaired) electrons. The third-order valence-corrected chi connectivity index (χ3v) is 1.47. The summed E-state index contributed by atoms with van der Waals surface area (Å²) in [6.07, 6.45) is 1.07. The van der Waals surface area contributed by atoms with Gasteiger partial charge in [-0.25, -0.2) is 5.84 Å². The van der Waals surface area contributed by atoms with Gasteiger partial charge in [-0.2, -0.15) is 0 Å². The standard InChI is InChI=1S/C8H11N3.C2H6/c1-7-2-4-8(5-3-7)11(10)6-9;1-2/h2-6,9H,10H2,1H3;1-2H3. The number of nitrogens with zero attached hydrogens (tertiary/aromatic N) is 1. The zero-order chi connectivity index (χ0) is 10.3. The molecule has 0 aromatic heterocycles. The monoisotopic (exact) mass is 179 g/mol. The van der Waals surface area contributed by atoms with Crippen molar-refractivity contribution in [1.82, 2.24) is 0 Å². The van der Waals surface area contributed by atoms with Crippen LogP contribution in [0.1, 0.15) is 19.4 Å². The summed E-state index contributed by atoms with van der Waals surface area (Å²) in [6, 6.07) is 7.66. The fourth-order valence-corrected chi connectivity index (χ4v) is 0.791. The third kappa shape index (κ3) is 3.71. The van der Waals surface area contributed by atoms with E-state index in [0.29, 0.717) is 0 Å². The topological polar surface area (TPSA) is 53.1 Å². The smallest absolute Gasteiger partial charge is 0.101 e. The second-order valence-electron chi connectivity index (χ2n) is 2.37. The number of hydrazine groups is 1. The first-order valence-electron chi connectivity index (χ1n) is 4.35. The van der Waals surface area contributed by atoms with Gasteiger partial charge in [-0.15, -0.1) is 0 Å². The van der Waals surface area contributed by atoms with Crippen LogP contribution in [0.5, 0.6) is 0 Å². The van der Waals surface area contributed by atoms with E-state index in [1.165, 1.54) is 10.6 Å². The first kappa shape index (κ1) is 11.6. The van der Waals surface area contributed by atoms with Gasteiger partial charge >= 0.3 is 0 Å². The number of anilines is 1. The maximum atomic E-state index is 6.88. The van der Waals surface area contributed by atoms with Crippen molar-refractivity contribution >= 4 is 12.0 Å². The summed E-state index contributed by atoms with van der Waals surface area (Å²) in [5.74, 6) is 5.43. The number of benzene rings is 1. The summed E-state index contributed by atoms with van der Waals surface area (Å²) in [6.45, 7) is 6.01. The van der Waals surface area contributed by atoms with E-state index in [0.717, 1.165) is 12.0 Å². The van der Waals surface area contributed by atoms with E-state index in [-0.39, 0.29) is 0 Å². The van der Waals surface area contributed by atoms with Crippen molar-refractivity contribution in [3.05, 3.63) is 29.8 Å². The number of nitrogens with one attached hydrogen (secondary N) is 1. The molecule has 0 unspecified atom stereocenters. The number of aryl methyl sites for hydroxylation is 1. The molecule has 3 nitrogen and oxygen atoms in total. The maximum Gasteiger partial charge on any atom is 0.101 e. The van der Waals surface area contributed by atoms with Gasteiger partial charge in [0.2, 0.25) is 0 Å². The highest BCUT2D eigenvalue weighted by atomic mass is 15.4. The average Bonchev–Trinajstić information content (AvgIpc) is 2.21. The van der Waals surface area contributed by atoms with E-state index in [1.807, 2.05) is 45.0 Å². The molecule has 0 aliphatic heterocycles. The Kier molecular flexibility index (Phi) is 5.55. The van der Waals surface area contributed by atoms with E-state index >= 15 is 0 Å². The largest absolute Gasteiger partial charge is 0.290 e. The summed E-state index contributed by atoms with van der Waals surface area (Å²) in [5.41, 5.74) is 2.01. The summed E-state index contributed by atoms with van der Waals surface area (Å²) >= 11 is 0. The lowest BCUT2D eigenvalue weighted by atomic mass is 10.2. The lowest BCUT2D eigenvalue weighted by Gasteiger charge is -2.10. The van der Waals surface area contributed by atoms with Crippen LogP contribution in [0.4, 0.5) is 5.69 Å². The van der Waals surface area contributed by atoms with Crippen molar-refractivity contribution in [3.63, 3.8) is 0 Å². The Morgan fingerprint density at radius 2 is 1.69 bits per heavy atom. The lowest BCUT2D eigenvalue weighted by Crippen LogP contribution is -2.28. The van der Waals surface area contributed by atoms with Crippen molar-refractivity contribution in [1.29, 1.82) is 5.41 Å². The zero-order valence-corrected chi connectivity index (χ0v) is 8.41. The Bertz CT molecular complexity index is 241. The van der Waals surface area contributed by atoms with Crippen LogP contribution < -0.4 is 10.9 Å². The molecule has 0 aliphatic rings. The van der Waals surface area contributed by atoms with Gasteiger partial charge in [-0.3, -0.25) is 10.4 Å². The van der Waals surface area contributed by atoms with Gasteiger partial charge in [0.1, 0.15) is 6.34 Å². The molecule has 0 bridgehead atoms. The molecule has 72 valence electrons. The second-order valence-corrected chi connectivity index (χ2v) is 2.37. The van der Waals surface area contributed by atoms with Gasteiger partial charge in [0, 0.05) is 0 Å². The van der Waals surface area contributed by atoms with Crippen LogP contribution in [0, 0.1) is 12.3 Å². The van der Waals surface area contributed by atoms with Gasteiger partial charge in [0.15, 0.2) is 0 Å². The van der Waals surface area contributed by atoms with Gasteiger partial charge in [0.05, 0.1) is 5.69 Å². The van der Waals surface area contributed by atoms with Crippen molar-refractivity contribution in [2.24, 2.45) is 5.84 Å². The van der Waals surface area contributed by atoms with E-state index in [4.69, 9.17) is 11.3 Å². The molecular weight excluding hydrogens is 162 g/mol. The number of hydrogen-bond acceptors (Lipinski definition) is 2. The van der Waals surface area contributed by atoms with Gasteiger partial charge in [-0.05, 0) is 19.1 Å². The fraction of sp³-hybridized carbons (Fsp3) is 0.300. The van der Waals surface area contributed by atoms with Crippen LogP contribution in [-0.2, 0) is 0 Å². The third-order valence-electron chi connectivity index (χ3n) is 1.47. The van der Waals surface area contributed by atoms with E-state index < -0.39 is 0 Å². The molecule has 0 fully saturated rings. The van der Waals surface area contributed by atoms with Gasteiger partial charge in [-0.1, -0.05) is 31.5 Å². The number of hydrogen-bond donors (Lipinski definition) is 2. The van der Waals surface area contributed by atoms with Crippen LogP contribution >= 0.6 is 0 Å². The molecule has 3 N–H and O–H groups in total. The van der Waals surface area contributed by atoms with E-state index in [2.05, 4.69) is 0 Å². The molecule has 0 saturated heterocycles. The summed E-state index contributed by atoms with van der Waals surface area (Å²) in [5, 5.41) is 8.14. The quantitative estimate of drug-likeness (QED) is 0.317. The first-order chi connectivity index (χ1) is 6.24. The second kappa shape index (κ2) is 6.20. The molecule has 0 amide bonds. The summed E-state index contributed by atoms with van der Waals surface area (Å²) in [7, 11) is 0. The molecule has 1 rings (SSSR count).